The fourth-order valence-electron chi connectivity index (χ4n) is 3.15. The summed E-state index contributed by atoms with van der Waals surface area (Å²) < 4.78 is 26.4. The molecule has 3 rings (SSSR count). The maximum atomic E-state index is 12.5. The Labute approximate surface area is 169 Å². The highest BCUT2D eigenvalue weighted by Gasteiger charge is 2.21. The zero-order valence-electron chi connectivity index (χ0n) is 16.5. The number of carbonyl (C=O) groups is 1. The molecule has 1 amide bonds. The van der Waals surface area contributed by atoms with Crippen LogP contribution >= 0.6 is 0 Å². The molecule has 0 saturated carbocycles. The summed E-state index contributed by atoms with van der Waals surface area (Å²) >= 11 is 0. The number of aromatic amines is 1. The molecule has 0 bridgehead atoms. The maximum absolute atomic E-state index is 12.5. The Morgan fingerprint density at radius 3 is 2.31 bits per heavy atom. The van der Waals surface area contributed by atoms with Crippen LogP contribution in [0.4, 0.5) is 5.69 Å². The van der Waals surface area contributed by atoms with Crippen LogP contribution in [-0.4, -0.2) is 36.7 Å². The van der Waals surface area contributed by atoms with Crippen molar-refractivity contribution in [2.45, 2.75) is 25.7 Å². The van der Waals surface area contributed by atoms with Gasteiger partial charge in [-0.2, -0.15) is 4.31 Å². The minimum Gasteiger partial charge on any atom is -0.358 e. The van der Waals surface area contributed by atoms with Gasteiger partial charge in [-0.3, -0.25) is 9.59 Å². The predicted octanol–water partition coefficient (Wildman–Crippen LogP) is 3.12. The van der Waals surface area contributed by atoms with E-state index in [2.05, 4.69) is 10.3 Å². The zero-order chi connectivity index (χ0) is 21.2. The number of sulfonamides is 1. The van der Waals surface area contributed by atoms with Crippen LogP contribution in [0.3, 0.4) is 0 Å². The summed E-state index contributed by atoms with van der Waals surface area (Å²) in [6.07, 6.45) is 0. The first-order valence-corrected chi connectivity index (χ1v) is 10.8. The van der Waals surface area contributed by atoms with Crippen LogP contribution in [0, 0.1) is 6.92 Å². The van der Waals surface area contributed by atoms with E-state index in [-0.39, 0.29) is 16.2 Å². The molecule has 1 aromatic heterocycles. The average Bonchev–Trinajstić information content (AvgIpc) is 2.69. The van der Waals surface area contributed by atoms with Gasteiger partial charge in [-0.1, -0.05) is 13.8 Å². The third-order valence-electron chi connectivity index (χ3n) is 4.68. The van der Waals surface area contributed by atoms with E-state index in [1.54, 1.807) is 39.0 Å². The topological polar surface area (TPSA) is 99.3 Å². The van der Waals surface area contributed by atoms with Crippen LogP contribution in [0.5, 0.6) is 0 Å². The van der Waals surface area contributed by atoms with E-state index in [0.717, 1.165) is 5.69 Å². The number of nitrogens with zero attached hydrogens (tertiary/aromatic N) is 1. The van der Waals surface area contributed by atoms with Crippen molar-refractivity contribution in [3.63, 3.8) is 0 Å². The average molecular weight is 413 g/mol. The quantitative estimate of drug-likeness (QED) is 0.648. The van der Waals surface area contributed by atoms with Gasteiger partial charge in [-0.25, -0.2) is 8.42 Å². The lowest BCUT2D eigenvalue weighted by molar-refractivity contribution is 0.102. The first kappa shape index (κ1) is 20.8. The van der Waals surface area contributed by atoms with E-state index in [4.69, 9.17) is 0 Å². The number of nitrogens with one attached hydrogen (secondary N) is 2. The fraction of sp³-hybridized carbons (Fsp3) is 0.238. The third-order valence-corrected chi connectivity index (χ3v) is 6.75. The number of hydrogen-bond acceptors (Lipinski definition) is 4. The molecule has 2 N–H and O–H groups in total. The van der Waals surface area contributed by atoms with Gasteiger partial charge in [0.05, 0.1) is 4.90 Å². The lowest BCUT2D eigenvalue weighted by Crippen LogP contribution is -2.30. The van der Waals surface area contributed by atoms with Crippen molar-refractivity contribution in [3.05, 3.63) is 70.0 Å². The van der Waals surface area contributed by atoms with Gasteiger partial charge >= 0.3 is 0 Å². The zero-order valence-corrected chi connectivity index (χ0v) is 17.3. The monoisotopic (exact) mass is 413 g/mol. The predicted molar refractivity (Wildman–Crippen MR) is 114 cm³/mol. The highest BCUT2D eigenvalue weighted by atomic mass is 32.2. The third kappa shape index (κ3) is 4.23. The molecule has 0 saturated heterocycles. The molecule has 0 radical (unpaired) electrons. The molecule has 0 spiro atoms. The Morgan fingerprint density at radius 2 is 1.69 bits per heavy atom. The number of H-pyrrole nitrogens is 1. The van der Waals surface area contributed by atoms with Crippen molar-refractivity contribution >= 4 is 32.5 Å². The molecule has 0 fully saturated rings. The Morgan fingerprint density at radius 1 is 1.03 bits per heavy atom. The van der Waals surface area contributed by atoms with Gasteiger partial charge in [0.15, 0.2) is 5.43 Å². The van der Waals surface area contributed by atoms with E-state index in [1.165, 1.54) is 34.6 Å². The molecular formula is C21H23N3O4S. The van der Waals surface area contributed by atoms with Crippen LogP contribution in [0.2, 0.25) is 0 Å². The van der Waals surface area contributed by atoms with E-state index in [9.17, 15) is 18.0 Å². The Bertz CT molecular complexity index is 1210. The largest absolute Gasteiger partial charge is 0.358 e. The van der Waals surface area contributed by atoms with Crippen LogP contribution in [0.25, 0.3) is 10.9 Å². The number of carbonyl (C=O) groups excluding carboxylic acids is 1. The van der Waals surface area contributed by atoms with Crippen molar-refractivity contribution < 1.29 is 13.2 Å². The number of rotatable bonds is 6. The lowest BCUT2D eigenvalue weighted by Gasteiger charge is -2.18. The number of amides is 1. The normalized spacial score (nSPS) is 11.7. The Hall–Kier alpha value is -2.97. The van der Waals surface area contributed by atoms with Crippen molar-refractivity contribution in [2.75, 3.05) is 18.4 Å². The van der Waals surface area contributed by atoms with Gasteiger partial charge in [0.2, 0.25) is 10.0 Å². The van der Waals surface area contributed by atoms with Gasteiger partial charge < -0.3 is 10.3 Å². The van der Waals surface area contributed by atoms with Crippen molar-refractivity contribution in [3.8, 4) is 0 Å². The summed E-state index contributed by atoms with van der Waals surface area (Å²) in [4.78, 5) is 27.9. The van der Waals surface area contributed by atoms with E-state index < -0.39 is 10.0 Å². The second kappa shape index (κ2) is 8.18. The number of anilines is 1. The number of aryl methyl sites for hydroxylation is 1. The molecule has 152 valence electrons. The molecule has 0 aliphatic heterocycles. The number of pyridine rings is 1. The second-order valence-corrected chi connectivity index (χ2v) is 8.58. The van der Waals surface area contributed by atoms with Crippen LogP contribution < -0.4 is 10.7 Å². The second-order valence-electron chi connectivity index (χ2n) is 6.64. The molecule has 0 atom stereocenters. The number of hydrogen-bond donors (Lipinski definition) is 2. The van der Waals surface area contributed by atoms with Gasteiger partial charge in [0.1, 0.15) is 0 Å². The molecule has 2 aromatic carbocycles. The lowest BCUT2D eigenvalue weighted by atomic mass is 10.1. The summed E-state index contributed by atoms with van der Waals surface area (Å²) in [5, 5.41) is 3.22. The molecule has 3 aromatic rings. The van der Waals surface area contributed by atoms with Crippen LogP contribution in [0.1, 0.15) is 29.9 Å². The maximum Gasteiger partial charge on any atom is 0.255 e. The highest BCUT2D eigenvalue weighted by molar-refractivity contribution is 7.89. The molecule has 0 aliphatic carbocycles. The van der Waals surface area contributed by atoms with Crippen molar-refractivity contribution in [2.24, 2.45) is 0 Å². The highest BCUT2D eigenvalue weighted by Crippen LogP contribution is 2.19. The van der Waals surface area contributed by atoms with E-state index >= 15 is 0 Å². The summed E-state index contributed by atoms with van der Waals surface area (Å²) in [6.45, 7) is 6.11. The molecule has 8 heteroatoms. The molecule has 0 aliphatic rings. The SMILES string of the molecule is CCN(CC)S(=O)(=O)c1ccc(C(=O)Nc2ccc3[nH]c(C)cc(=O)c3c2)cc1. The summed E-state index contributed by atoms with van der Waals surface area (Å²) in [5.74, 6) is -0.389. The summed E-state index contributed by atoms with van der Waals surface area (Å²) in [7, 11) is -3.57. The van der Waals surface area contributed by atoms with E-state index in [1.807, 2.05) is 0 Å². The molecular weight excluding hydrogens is 390 g/mol. The van der Waals surface area contributed by atoms with Crippen LogP contribution in [0.15, 0.2) is 58.2 Å². The first-order chi connectivity index (χ1) is 13.8. The molecule has 29 heavy (non-hydrogen) atoms. The molecule has 0 unspecified atom stereocenters. The Balaban J connectivity index is 1.83. The molecule has 1 heterocycles. The van der Waals surface area contributed by atoms with Gasteiger partial charge in [-0.05, 0) is 49.4 Å². The van der Waals surface area contributed by atoms with Gasteiger partial charge in [0, 0.05) is 47.0 Å². The minimum absolute atomic E-state index is 0.127. The minimum atomic E-state index is -3.57. The fourth-order valence-corrected chi connectivity index (χ4v) is 4.61. The smallest absolute Gasteiger partial charge is 0.255 e. The summed E-state index contributed by atoms with van der Waals surface area (Å²) in [5.41, 5.74) is 2.13. The number of benzene rings is 2. The van der Waals surface area contributed by atoms with E-state index in [0.29, 0.717) is 35.2 Å². The standard InChI is InChI=1S/C21H23N3O4S/c1-4-24(5-2)29(27,28)17-9-6-15(7-10-17)21(26)23-16-8-11-19-18(13-16)20(25)12-14(3)22-19/h6-13H,4-5H2,1-3H3,(H,22,25)(H,23,26). The van der Waals surface area contributed by atoms with Crippen LogP contribution in [-0.2, 0) is 10.0 Å². The first-order valence-electron chi connectivity index (χ1n) is 9.31. The van der Waals surface area contributed by atoms with Crippen molar-refractivity contribution in [1.29, 1.82) is 0 Å². The van der Waals surface area contributed by atoms with Gasteiger partial charge in [0.25, 0.3) is 5.91 Å². The van der Waals surface area contributed by atoms with Gasteiger partial charge in [-0.15, -0.1) is 0 Å². The van der Waals surface area contributed by atoms with Crippen molar-refractivity contribution in [1.82, 2.24) is 9.29 Å². The summed E-state index contributed by atoms with van der Waals surface area (Å²) in [6, 6.07) is 12.4. The Kier molecular flexibility index (Phi) is 5.86. The number of aromatic nitrogens is 1. The molecule has 7 nitrogen and oxygen atoms in total. The number of fused-ring (bicyclic) bond motifs is 1.